The van der Waals surface area contributed by atoms with E-state index < -0.39 is 6.10 Å². The van der Waals surface area contributed by atoms with Gasteiger partial charge in [-0.3, -0.25) is 14.4 Å². The molecule has 0 aliphatic heterocycles. The fourth-order valence-electron chi connectivity index (χ4n) is 5.75. The van der Waals surface area contributed by atoms with Gasteiger partial charge in [0.1, 0.15) is 13.2 Å². The molecular weight excluding hydrogens is 745 g/mol. The van der Waals surface area contributed by atoms with Gasteiger partial charge in [-0.05, 0) is 103 Å². The van der Waals surface area contributed by atoms with Crippen LogP contribution in [0.2, 0.25) is 0 Å². The summed E-state index contributed by atoms with van der Waals surface area (Å²) in [5, 5.41) is 0. The molecule has 1 unspecified atom stereocenters. The molecule has 0 spiro atoms. The third-order valence-corrected chi connectivity index (χ3v) is 9.28. The minimum absolute atomic E-state index is 0.115. The minimum atomic E-state index is -0.818. The highest BCUT2D eigenvalue weighted by Gasteiger charge is 2.19. The molecule has 0 radical (unpaired) electrons. The van der Waals surface area contributed by atoms with Crippen molar-refractivity contribution >= 4 is 17.9 Å². The lowest BCUT2D eigenvalue weighted by molar-refractivity contribution is -0.167. The van der Waals surface area contributed by atoms with Gasteiger partial charge >= 0.3 is 17.9 Å². The van der Waals surface area contributed by atoms with E-state index in [1.165, 1.54) is 12.8 Å². The van der Waals surface area contributed by atoms with Gasteiger partial charge in [0, 0.05) is 19.3 Å². The number of hydrogen-bond acceptors (Lipinski definition) is 6. The number of rotatable bonds is 40. The first-order chi connectivity index (χ1) is 29.5. The lowest BCUT2D eigenvalue weighted by Crippen LogP contribution is -2.30. The molecule has 0 bridgehead atoms. The molecule has 0 fully saturated rings. The van der Waals surface area contributed by atoms with Gasteiger partial charge in [0.2, 0.25) is 0 Å². The van der Waals surface area contributed by atoms with Crippen molar-refractivity contribution in [2.75, 3.05) is 13.2 Å². The van der Waals surface area contributed by atoms with E-state index in [-0.39, 0.29) is 37.5 Å². The second kappa shape index (κ2) is 47.5. The van der Waals surface area contributed by atoms with E-state index in [4.69, 9.17) is 14.2 Å². The highest BCUT2D eigenvalue weighted by molar-refractivity contribution is 5.71. The van der Waals surface area contributed by atoms with Crippen LogP contribution in [-0.4, -0.2) is 37.2 Å². The Morgan fingerprint density at radius 2 is 0.733 bits per heavy atom. The number of esters is 3. The molecule has 1 atom stereocenters. The van der Waals surface area contributed by atoms with Crippen LogP contribution in [-0.2, 0) is 28.6 Å². The Kier molecular flexibility index (Phi) is 44.2. The molecule has 0 amide bonds. The zero-order valence-electron chi connectivity index (χ0n) is 38.2. The highest BCUT2D eigenvalue weighted by atomic mass is 16.6. The van der Waals surface area contributed by atoms with Crippen molar-refractivity contribution in [1.29, 1.82) is 0 Å². The summed E-state index contributed by atoms with van der Waals surface area (Å²) in [7, 11) is 0. The normalized spacial score (nSPS) is 13.2. The quantitative estimate of drug-likeness (QED) is 0.0201. The van der Waals surface area contributed by atoms with Crippen molar-refractivity contribution in [3.63, 3.8) is 0 Å². The number of ether oxygens (including phenoxy) is 3. The number of allylic oxidation sites excluding steroid dienone is 20. The zero-order valence-corrected chi connectivity index (χ0v) is 38.2. The maximum Gasteiger partial charge on any atom is 0.306 e. The second-order valence-electron chi connectivity index (χ2n) is 15.0. The SMILES string of the molecule is CC\C=C/C=C\C=C/C=C\CCCCCC(=O)OC(COC(=O)CCCCC/C=C\C/C=C\C/C=C\C/C=C\C/C=C\CC)COC(=O)CCCCCC/C=C\CCCC. The Hall–Kier alpha value is -4.19. The zero-order chi connectivity index (χ0) is 43.7. The van der Waals surface area contributed by atoms with Crippen molar-refractivity contribution in [3.8, 4) is 0 Å². The van der Waals surface area contributed by atoms with Gasteiger partial charge in [-0.15, -0.1) is 0 Å². The Bertz CT molecular complexity index is 1320. The predicted octanol–water partition coefficient (Wildman–Crippen LogP) is 15.4. The molecule has 0 N–H and O–H groups in total. The average Bonchev–Trinajstić information content (AvgIpc) is 3.24. The van der Waals surface area contributed by atoms with Gasteiger partial charge in [-0.2, -0.15) is 0 Å². The average molecular weight is 829 g/mol. The molecule has 336 valence electrons. The molecule has 6 nitrogen and oxygen atoms in total. The molecule has 0 aliphatic carbocycles. The number of hydrogen-bond donors (Lipinski definition) is 0. The Morgan fingerprint density at radius 1 is 0.367 bits per heavy atom. The van der Waals surface area contributed by atoms with Crippen LogP contribution in [0.5, 0.6) is 0 Å². The molecule has 0 aromatic heterocycles. The molecule has 60 heavy (non-hydrogen) atoms. The van der Waals surface area contributed by atoms with Gasteiger partial charge in [0.15, 0.2) is 6.10 Å². The Balaban J connectivity index is 4.51. The van der Waals surface area contributed by atoms with E-state index in [1.807, 2.05) is 36.5 Å². The third-order valence-electron chi connectivity index (χ3n) is 9.28. The van der Waals surface area contributed by atoms with Gasteiger partial charge in [0.25, 0.3) is 0 Å². The molecule has 0 saturated heterocycles. The summed E-state index contributed by atoms with van der Waals surface area (Å²) in [6.07, 6.45) is 64.7. The second-order valence-corrected chi connectivity index (χ2v) is 15.0. The Labute approximate surface area is 367 Å². The summed E-state index contributed by atoms with van der Waals surface area (Å²) in [4.78, 5) is 37.8. The van der Waals surface area contributed by atoms with Crippen LogP contribution in [0.3, 0.4) is 0 Å². The summed E-state index contributed by atoms with van der Waals surface area (Å²) in [6.45, 7) is 6.23. The lowest BCUT2D eigenvalue weighted by Gasteiger charge is -2.18. The number of unbranched alkanes of at least 4 members (excludes halogenated alkanes) is 12. The fraction of sp³-hybridized carbons (Fsp3) is 0.574. The maximum atomic E-state index is 12.7. The van der Waals surface area contributed by atoms with Crippen molar-refractivity contribution in [3.05, 3.63) is 122 Å². The summed E-state index contributed by atoms with van der Waals surface area (Å²) in [5.74, 6) is -1.01. The topological polar surface area (TPSA) is 78.9 Å². The van der Waals surface area contributed by atoms with Gasteiger partial charge in [-0.25, -0.2) is 0 Å². The first-order valence-electron chi connectivity index (χ1n) is 23.6. The van der Waals surface area contributed by atoms with Crippen LogP contribution in [0.25, 0.3) is 0 Å². The molecule has 0 heterocycles. The van der Waals surface area contributed by atoms with Gasteiger partial charge in [-0.1, -0.05) is 181 Å². The summed E-state index contributed by atoms with van der Waals surface area (Å²) in [6, 6.07) is 0. The number of carbonyl (C=O) groups is 3. The van der Waals surface area contributed by atoms with E-state index in [0.29, 0.717) is 19.3 Å². The van der Waals surface area contributed by atoms with Crippen LogP contribution < -0.4 is 0 Å². The summed E-state index contributed by atoms with van der Waals surface area (Å²) in [5.41, 5.74) is 0. The minimum Gasteiger partial charge on any atom is -0.462 e. The van der Waals surface area contributed by atoms with Crippen molar-refractivity contribution < 1.29 is 28.6 Å². The van der Waals surface area contributed by atoms with Crippen LogP contribution in [0.15, 0.2) is 122 Å². The molecular formula is C54H84O6. The molecule has 0 aliphatic rings. The number of carbonyl (C=O) groups excluding carboxylic acids is 3. The van der Waals surface area contributed by atoms with Crippen LogP contribution in [0.1, 0.15) is 181 Å². The lowest BCUT2D eigenvalue weighted by atomic mass is 10.1. The smallest absolute Gasteiger partial charge is 0.306 e. The summed E-state index contributed by atoms with van der Waals surface area (Å²) < 4.78 is 16.6. The maximum absolute atomic E-state index is 12.7. The molecule has 6 heteroatoms. The summed E-state index contributed by atoms with van der Waals surface area (Å²) >= 11 is 0. The van der Waals surface area contributed by atoms with E-state index in [1.54, 1.807) is 0 Å². The van der Waals surface area contributed by atoms with Gasteiger partial charge in [0.05, 0.1) is 0 Å². The molecule has 0 aromatic rings. The predicted molar refractivity (Wildman–Crippen MR) is 256 cm³/mol. The van der Waals surface area contributed by atoms with E-state index in [2.05, 4.69) is 106 Å². The van der Waals surface area contributed by atoms with Crippen molar-refractivity contribution in [1.82, 2.24) is 0 Å². The largest absolute Gasteiger partial charge is 0.462 e. The monoisotopic (exact) mass is 829 g/mol. The van der Waals surface area contributed by atoms with Crippen molar-refractivity contribution in [2.24, 2.45) is 0 Å². The third kappa shape index (κ3) is 44.9. The highest BCUT2D eigenvalue weighted by Crippen LogP contribution is 2.11. The van der Waals surface area contributed by atoms with Gasteiger partial charge < -0.3 is 14.2 Å². The first-order valence-corrected chi connectivity index (χ1v) is 23.6. The first kappa shape index (κ1) is 55.8. The standard InChI is InChI=1S/C54H84O6/c1-4-7-10-13-16-19-22-24-25-26-27-28-29-31-32-35-38-41-44-47-53(56)59-50-51(49-58-52(55)46-43-40-37-34-21-18-15-12-9-6-3)60-54(57)48-45-42-39-36-33-30-23-20-17-14-11-8-5-2/h7-8,10-11,14-20,23-25,27-28,30-33,51H,4-6,9,12-13,21-22,26,29,34-50H2,1-3H3/b10-7-,11-8-,17-14-,18-15-,19-16-,23-20-,25-24-,28-27-,32-31-,33-30-. The van der Waals surface area contributed by atoms with E-state index in [0.717, 1.165) is 122 Å². The molecule has 0 aromatic carbocycles. The molecule has 0 saturated carbocycles. The fourth-order valence-corrected chi connectivity index (χ4v) is 5.75. The Morgan fingerprint density at radius 3 is 1.23 bits per heavy atom. The van der Waals surface area contributed by atoms with Crippen molar-refractivity contribution in [2.45, 2.75) is 187 Å². The molecule has 0 rings (SSSR count). The van der Waals surface area contributed by atoms with Crippen LogP contribution in [0, 0.1) is 0 Å². The van der Waals surface area contributed by atoms with E-state index >= 15 is 0 Å². The van der Waals surface area contributed by atoms with Crippen LogP contribution in [0.4, 0.5) is 0 Å². The van der Waals surface area contributed by atoms with E-state index in [9.17, 15) is 14.4 Å². The van der Waals surface area contributed by atoms with Crippen LogP contribution >= 0.6 is 0 Å².